The largest absolute Gasteiger partial charge is 0.506 e. The van der Waals surface area contributed by atoms with Gasteiger partial charge in [-0.25, -0.2) is 9.18 Å². The average Bonchev–Trinajstić information content (AvgIpc) is 3.12. The van der Waals surface area contributed by atoms with Crippen LogP contribution in [0.25, 0.3) is 5.76 Å². The van der Waals surface area contributed by atoms with Gasteiger partial charge in [0.1, 0.15) is 23.0 Å². The fourth-order valence-corrected chi connectivity index (χ4v) is 2.35. The standard InChI is InChI=1S/C20H14FNO5/c21-14-4-1-12(2-5-14)9-15-6-8-19(27-15)18(24)10-17(23)16-7-3-13(11-22-16)20(25)26/h1-8,10-11,23H,9H2,(H,25,26). The van der Waals surface area contributed by atoms with Crippen molar-refractivity contribution in [1.29, 1.82) is 0 Å². The number of carboxylic acids is 1. The maximum absolute atomic E-state index is 12.9. The lowest BCUT2D eigenvalue weighted by Gasteiger charge is -2.00. The maximum atomic E-state index is 12.9. The van der Waals surface area contributed by atoms with Gasteiger partial charge in [0.15, 0.2) is 5.76 Å². The number of hydrogen-bond donors (Lipinski definition) is 2. The van der Waals surface area contributed by atoms with Crippen molar-refractivity contribution < 1.29 is 28.6 Å². The summed E-state index contributed by atoms with van der Waals surface area (Å²) in [6.07, 6.45) is 2.42. The second-order valence-electron chi connectivity index (χ2n) is 5.70. The number of rotatable bonds is 6. The van der Waals surface area contributed by atoms with E-state index in [-0.39, 0.29) is 22.8 Å². The number of benzene rings is 1. The van der Waals surface area contributed by atoms with Crippen molar-refractivity contribution in [3.8, 4) is 0 Å². The number of allylic oxidation sites excluding steroid dienone is 1. The average molecular weight is 367 g/mol. The molecule has 0 saturated carbocycles. The molecule has 2 heterocycles. The SMILES string of the molecule is O=C(O)c1ccc(C(O)=CC(=O)c2ccc(Cc3ccc(F)cc3)o2)nc1. The lowest BCUT2D eigenvalue weighted by Crippen LogP contribution is -2.00. The van der Waals surface area contributed by atoms with E-state index < -0.39 is 17.5 Å². The number of pyridine rings is 1. The van der Waals surface area contributed by atoms with E-state index in [0.717, 1.165) is 17.8 Å². The van der Waals surface area contributed by atoms with Crippen LogP contribution in [-0.2, 0) is 6.42 Å². The molecule has 2 aromatic heterocycles. The van der Waals surface area contributed by atoms with Crippen LogP contribution in [0.1, 0.15) is 37.9 Å². The fraction of sp³-hybridized carbons (Fsp3) is 0.0500. The van der Waals surface area contributed by atoms with Crippen LogP contribution in [0.5, 0.6) is 0 Å². The first-order valence-corrected chi connectivity index (χ1v) is 7.90. The molecule has 3 aromatic rings. The number of aromatic nitrogens is 1. The summed E-state index contributed by atoms with van der Waals surface area (Å²) in [7, 11) is 0. The number of ketones is 1. The molecule has 27 heavy (non-hydrogen) atoms. The number of halogens is 1. The van der Waals surface area contributed by atoms with Crippen molar-refractivity contribution in [3.63, 3.8) is 0 Å². The van der Waals surface area contributed by atoms with Gasteiger partial charge in [-0.3, -0.25) is 9.78 Å². The molecule has 6 nitrogen and oxygen atoms in total. The highest BCUT2D eigenvalue weighted by molar-refractivity contribution is 6.05. The Labute approximate surface area is 153 Å². The first-order chi connectivity index (χ1) is 12.9. The van der Waals surface area contributed by atoms with E-state index in [9.17, 15) is 19.1 Å². The molecule has 0 radical (unpaired) electrons. The molecule has 0 saturated heterocycles. The van der Waals surface area contributed by atoms with Crippen LogP contribution in [0.3, 0.4) is 0 Å². The number of carbonyl (C=O) groups is 2. The van der Waals surface area contributed by atoms with Gasteiger partial charge in [0.05, 0.1) is 5.56 Å². The number of aromatic carboxylic acids is 1. The van der Waals surface area contributed by atoms with E-state index in [0.29, 0.717) is 12.2 Å². The topological polar surface area (TPSA) is 101 Å². The van der Waals surface area contributed by atoms with Crippen molar-refractivity contribution in [1.82, 2.24) is 4.98 Å². The number of aliphatic hydroxyl groups is 1. The molecule has 0 aliphatic carbocycles. The van der Waals surface area contributed by atoms with Crippen LogP contribution >= 0.6 is 0 Å². The minimum Gasteiger partial charge on any atom is -0.506 e. The van der Waals surface area contributed by atoms with Gasteiger partial charge in [-0.1, -0.05) is 12.1 Å². The molecule has 0 amide bonds. The van der Waals surface area contributed by atoms with E-state index in [1.165, 1.54) is 30.3 Å². The minimum absolute atomic E-state index is 0.0285. The third-order valence-corrected chi connectivity index (χ3v) is 3.74. The molecule has 0 atom stereocenters. The second-order valence-corrected chi connectivity index (χ2v) is 5.70. The Balaban J connectivity index is 1.71. The molecule has 0 fully saturated rings. The van der Waals surface area contributed by atoms with Crippen LogP contribution in [0, 0.1) is 5.82 Å². The number of furan rings is 1. The van der Waals surface area contributed by atoms with Crippen molar-refractivity contribution in [2.24, 2.45) is 0 Å². The van der Waals surface area contributed by atoms with Crippen LogP contribution in [0.2, 0.25) is 0 Å². The Morgan fingerprint density at radius 2 is 1.78 bits per heavy atom. The molecule has 0 spiro atoms. The van der Waals surface area contributed by atoms with Crippen molar-refractivity contribution in [2.45, 2.75) is 6.42 Å². The van der Waals surface area contributed by atoms with E-state index in [1.54, 1.807) is 18.2 Å². The summed E-state index contributed by atoms with van der Waals surface area (Å²) in [6, 6.07) is 11.6. The zero-order chi connectivity index (χ0) is 19.4. The molecule has 0 bridgehead atoms. The summed E-state index contributed by atoms with van der Waals surface area (Å²) in [5, 5.41) is 18.8. The Kier molecular flexibility index (Phi) is 5.12. The second kappa shape index (κ2) is 7.65. The van der Waals surface area contributed by atoms with Crippen LogP contribution in [-0.4, -0.2) is 26.9 Å². The Morgan fingerprint density at radius 1 is 1.04 bits per heavy atom. The number of hydrogen-bond acceptors (Lipinski definition) is 5. The van der Waals surface area contributed by atoms with Crippen LogP contribution in [0.15, 0.2) is 65.2 Å². The zero-order valence-electron chi connectivity index (χ0n) is 13.9. The van der Waals surface area contributed by atoms with Gasteiger partial charge in [0.2, 0.25) is 5.78 Å². The van der Waals surface area contributed by atoms with Gasteiger partial charge < -0.3 is 14.6 Å². The van der Waals surface area contributed by atoms with Crippen molar-refractivity contribution in [3.05, 3.63) is 95.0 Å². The normalized spacial score (nSPS) is 11.4. The van der Waals surface area contributed by atoms with Gasteiger partial charge in [0, 0.05) is 18.7 Å². The highest BCUT2D eigenvalue weighted by atomic mass is 19.1. The van der Waals surface area contributed by atoms with Crippen molar-refractivity contribution >= 4 is 17.5 Å². The molecule has 7 heteroatoms. The summed E-state index contributed by atoms with van der Waals surface area (Å²) in [4.78, 5) is 26.8. The number of carboxylic acid groups (broad SMARTS) is 1. The summed E-state index contributed by atoms with van der Waals surface area (Å²) >= 11 is 0. The molecular weight excluding hydrogens is 353 g/mol. The summed E-state index contributed by atoms with van der Waals surface area (Å²) in [6.45, 7) is 0. The highest BCUT2D eigenvalue weighted by Crippen LogP contribution is 2.16. The van der Waals surface area contributed by atoms with Crippen LogP contribution in [0.4, 0.5) is 4.39 Å². The third kappa shape index (κ3) is 4.46. The molecule has 0 aliphatic rings. The number of aliphatic hydroxyl groups excluding tert-OH is 1. The van der Waals surface area contributed by atoms with Gasteiger partial charge in [-0.05, 0) is 42.0 Å². The van der Waals surface area contributed by atoms with Crippen molar-refractivity contribution in [2.75, 3.05) is 0 Å². The first kappa shape index (κ1) is 18.1. The van der Waals surface area contributed by atoms with E-state index >= 15 is 0 Å². The van der Waals surface area contributed by atoms with Crippen LogP contribution < -0.4 is 0 Å². The molecular formula is C20H14FNO5. The van der Waals surface area contributed by atoms with Gasteiger partial charge in [-0.2, -0.15) is 0 Å². The molecule has 3 rings (SSSR count). The van der Waals surface area contributed by atoms with E-state index in [4.69, 9.17) is 9.52 Å². The number of nitrogens with zero attached hydrogens (tertiary/aromatic N) is 1. The molecule has 0 unspecified atom stereocenters. The molecule has 1 aromatic carbocycles. The molecule has 0 aliphatic heterocycles. The lowest BCUT2D eigenvalue weighted by molar-refractivity contribution is 0.0696. The Morgan fingerprint density at radius 3 is 2.41 bits per heavy atom. The summed E-state index contributed by atoms with van der Waals surface area (Å²) < 4.78 is 18.4. The lowest BCUT2D eigenvalue weighted by atomic mass is 10.1. The number of carbonyl (C=O) groups excluding carboxylic acids is 1. The predicted octanol–water partition coefficient (Wildman–Crippen LogP) is 3.88. The van der Waals surface area contributed by atoms with Gasteiger partial charge in [-0.15, -0.1) is 0 Å². The molecule has 136 valence electrons. The van der Waals surface area contributed by atoms with Gasteiger partial charge in [0.25, 0.3) is 0 Å². The van der Waals surface area contributed by atoms with E-state index in [1.807, 2.05) is 0 Å². The van der Waals surface area contributed by atoms with Gasteiger partial charge >= 0.3 is 5.97 Å². The quantitative estimate of drug-likeness (QED) is 0.389. The minimum atomic E-state index is -1.14. The summed E-state index contributed by atoms with van der Waals surface area (Å²) in [5.41, 5.74) is 0.853. The fourth-order valence-electron chi connectivity index (χ4n) is 2.35. The smallest absolute Gasteiger partial charge is 0.337 e. The van der Waals surface area contributed by atoms with E-state index in [2.05, 4.69) is 4.98 Å². The first-order valence-electron chi connectivity index (χ1n) is 7.90. The third-order valence-electron chi connectivity index (χ3n) is 3.74. The monoisotopic (exact) mass is 367 g/mol. The predicted molar refractivity (Wildman–Crippen MR) is 94.0 cm³/mol. The maximum Gasteiger partial charge on any atom is 0.337 e. The summed E-state index contributed by atoms with van der Waals surface area (Å²) in [5.74, 6) is -1.91. The Hall–Kier alpha value is -3.74. The molecule has 2 N–H and O–H groups in total. The Bertz CT molecular complexity index is 1000. The zero-order valence-corrected chi connectivity index (χ0v) is 13.9. The highest BCUT2D eigenvalue weighted by Gasteiger charge is 2.13.